The van der Waals surface area contributed by atoms with Crippen LogP contribution in [-0.4, -0.2) is 36.3 Å². The number of carbonyl (C=O) groups excluding carboxylic acids is 1. The Morgan fingerprint density at radius 3 is 2.58 bits per heavy atom. The molecule has 3 rings (SSSR count). The first-order valence-corrected chi connectivity index (χ1v) is 9.61. The summed E-state index contributed by atoms with van der Waals surface area (Å²) in [5, 5.41) is 21.1. The first-order valence-electron chi connectivity index (χ1n) is 7.69. The molecule has 0 heterocycles. The van der Waals surface area contributed by atoms with Gasteiger partial charge in [0.25, 0.3) is 0 Å². The van der Waals surface area contributed by atoms with Crippen LogP contribution in [-0.2, 0) is 14.6 Å². The molecule has 3 atom stereocenters. The van der Waals surface area contributed by atoms with Crippen molar-refractivity contribution >= 4 is 27.3 Å². The SMILES string of the molecule is N#CC1(NC(=O)[C@@H]2C[C@H](S(=O)(=O)c3ccccc3Cl)CC2O)CC1. The molecule has 2 fully saturated rings. The van der Waals surface area contributed by atoms with Crippen LogP contribution >= 0.6 is 11.6 Å². The van der Waals surface area contributed by atoms with Crippen LogP contribution in [0.1, 0.15) is 25.7 Å². The van der Waals surface area contributed by atoms with E-state index in [0.29, 0.717) is 12.8 Å². The number of hydrogen-bond donors (Lipinski definition) is 2. The molecule has 128 valence electrons. The summed E-state index contributed by atoms with van der Waals surface area (Å²) in [6, 6.07) is 8.18. The van der Waals surface area contributed by atoms with Crippen molar-refractivity contribution in [2.45, 2.75) is 47.5 Å². The molecule has 0 radical (unpaired) electrons. The Balaban J connectivity index is 1.77. The lowest BCUT2D eigenvalue weighted by Gasteiger charge is -2.16. The van der Waals surface area contributed by atoms with E-state index in [0.717, 1.165) is 0 Å². The number of halogens is 1. The fourth-order valence-corrected chi connectivity index (χ4v) is 5.42. The van der Waals surface area contributed by atoms with Crippen molar-refractivity contribution < 1.29 is 18.3 Å². The van der Waals surface area contributed by atoms with Gasteiger partial charge in [0.1, 0.15) is 5.54 Å². The van der Waals surface area contributed by atoms with Crippen molar-refractivity contribution in [2.24, 2.45) is 5.92 Å². The molecule has 6 nitrogen and oxygen atoms in total. The molecule has 2 N–H and O–H groups in total. The molecule has 1 amide bonds. The maximum Gasteiger partial charge on any atom is 0.227 e. The highest BCUT2D eigenvalue weighted by molar-refractivity contribution is 7.92. The van der Waals surface area contributed by atoms with Crippen LogP contribution < -0.4 is 5.32 Å². The number of nitrogens with zero attached hydrogens (tertiary/aromatic N) is 1. The van der Waals surface area contributed by atoms with Gasteiger partial charge >= 0.3 is 0 Å². The monoisotopic (exact) mass is 368 g/mol. The normalized spacial score (nSPS) is 28.1. The molecule has 2 aliphatic carbocycles. The van der Waals surface area contributed by atoms with Gasteiger partial charge in [-0.2, -0.15) is 5.26 Å². The Kier molecular flexibility index (Phi) is 4.32. The second-order valence-electron chi connectivity index (χ2n) is 6.43. The van der Waals surface area contributed by atoms with Crippen molar-refractivity contribution in [3.8, 4) is 6.07 Å². The van der Waals surface area contributed by atoms with Crippen LogP contribution in [0.5, 0.6) is 0 Å². The van der Waals surface area contributed by atoms with Gasteiger partial charge in [-0.25, -0.2) is 8.42 Å². The Hall–Kier alpha value is -1.62. The molecule has 0 aliphatic heterocycles. The van der Waals surface area contributed by atoms with E-state index in [-0.39, 0.29) is 22.8 Å². The third kappa shape index (κ3) is 3.02. The molecule has 0 spiro atoms. The van der Waals surface area contributed by atoms with Crippen molar-refractivity contribution in [1.29, 1.82) is 5.26 Å². The van der Waals surface area contributed by atoms with Crippen LogP contribution in [0.2, 0.25) is 5.02 Å². The second-order valence-corrected chi connectivity index (χ2v) is 9.03. The largest absolute Gasteiger partial charge is 0.392 e. The summed E-state index contributed by atoms with van der Waals surface area (Å²) >= 11 is 5.98. The van der Waals surface area contributed by atoms with E-state index in [2.05, 4.69) is 5.32 Å². The number of amides is 1. The topological polar surface area (TPSA) is 107 Å². The van der Waals surface area contributed by atoms with Gasteiger partial charge in [0.2, 0.25) is 5.91 Å². The number of rotatable bonds is 4. The number of carbonyl (C=O) groups is 1. The molecule has 1 unspecified atom stereocenters. The summed E-state index contributed by atoms with van der Waals surface area (Å²) in [4.78, 5) is 12.3. The third-order valence-corrected chi connectivity index (χ3v) is 7.40. The summed E-state index contributed by atoms with van der Waals surface area (Å²) in [5.41, 5.74) is -0.837. The standard InChI is InChI=1S/C16H17ClN2O4S/c17-12-3-1-2-4-14(12)24(22,23)10-7-11(13(20)8-10)15(21)19-16(9-18)5-6-16/h1-4,10-11,13,20H,5-8H2,(H,19,21)/t10-,11+,13?/m0/s1. The van der Waals surface area contributed by atoms with Gasteiger partial charge in [0.15, 0.2) is 9.84 Å². The minimum absolute atomic E-state index is 0.0145. The quantitative estimate of drug-likeness (QED) is 0.835. The molecule has 2 saturated carbocycles. The zero-order valence-corrected chi connectivity index (χ0v) is 14.3. The van der Waals surface area contributed by atoms with Crippen molar-refractivity contribution in [2.75, 3.05) is 0 Å². The third-order valence-electron chi connectivity index (χ3n) is 4.73. The number of nitriles is 1. The molecule has 1 aromatic rings. The Bertz CT molecular complexity index is 814. The fourth-order valence-electron chi connectivity index (χ4n) is 3.08. The minimum atomic E-state index is -3.74. The Morgan fingerprint density at radius 1 is 1.33 bits per heavy atom. The summed E-state index contributed by atoms with van der Waals surface area (Å²) in [7, 11) is -3.74. The molecule has 8 heteroatoms. The van der Waals surface area contributed by atoms with Gasteiger partial charge in [0.05, 0.1) is 33.3 Å². The predicted octanol–water partition coefficient (Wildman–Crippen LogP) is 1.43. The van der Waals surface area contributed by atoms with Gasteiger partial charge in [-0.15, -0.1) is 0 Å². The van der Waals surface area contributed by atoms with E-state index in [1.165, 1.54) is 12.1 Å². The molecule has 0 aromatic heterocycles. The van der Waals surface area contributed by atoms with E-state index in [4.69, 9.17) is 16.9 Å². The van der Waals surface area contributed by atoms with Crippen LogP contribution in [0.25, 0.3) is 0 Å². The summed E-state index contributed by atoms with van der Waals surface area (Å²) < 4.78 is 25.5. The van der Waals surface area contributed by atoms with E-state index >= 15 is 0 Å². The molecule has 0 saturated heterocycles. The smallest absolute Gasteiger partial charge is 0.227 e. The zero-order chi connectivity index (χ0) is 17.5. The first kappa shape index (κ1) is 17.2. The number of benzene rings is 1. The number of aliphatic hydroxyl groups excluding tert-OH is 1. The maximum absolute atomic E-state index is 12.7. The number of aliphatic hydroxyl groups is 1. The number of nitrogens with one attached hydrogen (secondary N) is 1. The molecular weight excluding hydrogens is 352 g/mol. The van der Waals surface area contributed by atoms with Gasteiger partial charge < -0.3 is 10.4 Å². The fraction of sp³-hybridized carbons (Fsp3) is 0.500. The summed E-state index contributed by atoms with van der Waals surface area (Å²) in [5.74, 6) is -1.29. The maximum atomic E-state index is 12.7. The van der Waals surface area contributed by atoms with Gasteiger partial charge in [-0.1, -0.05) is 23.7 Å². The Labute approximate surface area is 145 Å². The molecular formula is C16H17ClN2O4S. The van der Waals surface area contributed by atoms with Gasteiger partial charge in [-0.05, 0) is 37.8 Å². The van der Waals surface area contributed by atoms with Crippen LogP contribution in [0, 0.1) is 17.2 Å². The predicted molar refractivity (Wildman–Crippen MR) is 86.9 cm³/mol. The van der Waals surface area contributed by atoms with Gasteiger partial charge in [-0.3, -0.25) is 4.79 Å². The van der Waals surface area contributed by atoms with Gasteiger partial charge in [0, 0.05) is 0 Å². The summed E-state index contributed by atoms with van der Waals surface area (Å²) in [6.45, 7) is 0. The van der Waals surface area contributed by atoms with Crippen LogP contribution in [0.3, 0.4) is 0 Å². The van der Waals surface area contributed by atoms with E-state index in [9.17, 15) is 18.3 Å². The van der Waals surface area contributed by atoms with Crippen molar-refractivity contribution in [3.05, 3.63) is 29.3 Å². The van der Waals surface area contributed by atoms with Crippen LogP contribution in [0.15, 0.2) is 29.2 Å². The van der Waals surface area contributed by atoms with E-state index < -0.39 is 38.6 Å². The summed E-state index contributed by atoms with van der Waals surface area (Å²) in [6.07, 6.45) is 0.105. The zero-order valence-electron chi connectivity index (χ0n) is 12.8. The molecule has 1 aromatic carbocycles. The average Bonchev–Trinajstić information content (AvgIpc) is 3.19. The number of sulfone groups is 1. The average molecular weight is 369 g/mol. The highest BCUT2D eigenvalue weighted by Gasteiger charge is 2.49. The van der Waals surface area contributed by atoms with Crippen LogP contribution in [0.4, 0.5) is 0 Å². The molecule has 0 bridgehead atoms. The van der Waals surface area contributed by atoms with E-state index in [1.54, 1.807) is 12.1 Å². The van der Waals surface area contributed by atoms with Crippen molar-refractivity contribution in [1.82, 2.24) is 5.32 Å². The number of hydrogen-bond acceptors (Lipinski definition) is 5. The first-order chi connectivity index (χ1) is 11.3. The highest BCUT2D eigenvalue weighted by atomic mass is 35.5. The second kappa shape index (κ2) is 6.03. The Morgan fingerprint density at radius 2 is 2.00 bits per heavy atom. The van der Waals surface area contributed by atoms with Crippen molar-refractivity contribution in [3.63, 3.8) is 0 Å². The molecule has 24 heavy (non-hydrogen) atoms. The minimum Gasteiger partial charge on any atom is -0.392 e. The molecule has 2 aliphatic rings. The lowest BCUT2D eigenvalue weighted by Crippen LogP contribution is -2.42. The lowest BCUT2D eigenvalue weighted by atomic mass is 10.0. The lowest BCUT2D eigenvalue weighted by molar-refractivity contribution is -0.128. The van der Waals surface area contributed by atoms with E-state index in [1.807, 2.05) is 6.07 Å². The highest BCUT2D eigenvalue weighted by Crippen LogP contribution is 2.39.